The molecular weight excluding hydrogens is 415 g/mol. The largest absolute Gasteiger partial charge is 0.323 e. The van der Waals surface area contributed by atoms with Gasteiger partial charge in [-0.3, -0.25) is 10.1 Å². The Balaban J connectivity index is 1.49. The van der Waals surface area contributed by atoms with E-state index in [1.165, 1.54) is 17.4 Å². The molecule has 0 aliphatic carbocycles. The lowest BCUT2D eigenvalue weighted by atomic mass is 10.2. The van der Waals surface area contributed by atoms with E-state index >= 15 is 0 Å². The molecule has 0 radical (unpaired) electrons. The first-order chi connectivity index (χ1) is 14.9. The van der Waals surface area contributed by atoms with Crippen molar-refractivity contribution in [2.24, 2.45) is 0 Å². The molecule has 0 unspecified atom stereocenters. The van der Waals surface area contributed by atoms with E-state index in [1.807, 2.05) is 13.0 Å². The number of amides is 3. The fourth-order valence-electron chi connectivity index (χ4n) is 3.05. The van der Waals surface area contributed by atoms with E-state index in [4.69, 9.17) is 0 Å². The van der Waals surface area contributed by atoms with Crippen molar-refractivity contribution < 1.29 is 14.0 Å². The second-order valence-electron chi connectivity index (χ2n) is 7.02. The summed E-state index contributed by atoms with van der Waals surface area (Å²) in [5, 5.41) is 8.66. The summed E-state index contributed by atoms with van der Waals surface area (Å²) in [5.41, 5.74) is 3.59. The van der Waals surface area contributed by atoms with Crippen LogP contribution in [-0.2, 0) is 0 Å². The number of halogens is 1. The van der Waals surface area contributed by atoms with E-state index in [0.717, 1.165) is 15.8 Å². The first kappa shape index (κ1) is 20.5. The summed E-state index contributed by atoms with van der Waals surface area (Å²) in [6, 6.07) is 16.5. The molecule has 31 heavy (non-hydrogen) atoms. The zero-order valence-electron chi connectivity index (χ0n) is 16.8. The van der Waals surface area contributed by atoms with Gasteiger partial charge in [-0.1, -0.05) is 35.6 Å². The van der Waals surface area contributed by atoms with Crippen molar-refractivity contribution in [1.29, 1.82) is 0 Å². The third-order valence-electron chi connectivity index (χ3n) is 4.63. The van der Waals surface area contributed by atoms with Gasteiger partial charge in [0.15, 0.2) is 5.13 Å². The molecular formula is C23H19FN4O2S. The molecule has 0 aliphatic heterocycles. The molecule has 8 heteroatoms. The van der Waals surface area contributed by atoms with Crippen molar-refractivity contribution in [3.63, 3.8) is 0 Å². The summed E-state index contributed by atoms with van der Waals surface area (Å²) in [6.45, 7) is 3.53. The number of anilines is 3. The molecule has 0 fully saturated rings. The Bertz CT molecular complexity index is 1290. The second-order valence-corrected chi connectivity index (χ2v) is 8.05. The summed E-state index contributed by atoms with van der Waals surface area (Å²) in [6.07, 6.45) is 0. The molecule has 156 valence electrons. The van der Waals surface area contributed by atoms with Crippen LogP contribution in [0.15, 0.2) is 60.7 Å². The smallest absolute Gasteiger partial charge is 0.308 e. The summed E-state index contributed by atoms with van der Waals surface area (Å²) >= 11 is 1.32. The van der Waals surface area contributed by atoms with Crippen molar-refractivity contribution in [3.05, 3.63) is 83.2 Å². The van der Waals surface area contributed by atoms with Crippen molar-refractivity contribution in [3.8, 4) is 0 Å². The number of aromatic nitrogens is 1. The Hall–Kier alpha value is -3.78. The summed E-state index contributed by atoms with van der Waals surface area (Å²) < 4.78 is 14.5. The third-order valence-corrected chi connectivity index (χ3v) is 5.55. The van der Waals surface area contributed by atoms with Gasteiger partial charge in [-0.15, -0.1) is 0 Å². The molecule has 1 aromatic heterocycles. The third kappa shape index (κ3) is 4.70. The number of nitrogens with zero attached hydrogens (tertiary/aromatic N) is 1. The molecule has 6 nitrogen and oxygen atoms in total. The highest BCUT2D eigenvalue weighted by Gasteiger charge is 2.13. The van der Waals surface area contributed by atoms with E-state index in [1.54, 1.807) is 55.5 Å². The highest BCUT2D eigenvalue weighted by atomic mass is 32.1. The Morgan fingerprint density at radius 2 is 1.61 bits per heavy atom. The Morgan fingerprint density at radius 1 is 0.871 bits per heavy atom. The number of nitrogens with one attached hydrogen (secondary N) is 3. The zero-order valence-corrected chi connectivity index (χ0v) is 17.6. The maximum Gasteiger partial charge on any atom is 0.323 e. The number of hydrogen-bond donors (Lipinski definition) is 3. The quantitative estimate of drug-likeness (QED) is 0.371. The lowest BCUT2D eigenvalue weighted by Crippen LogP contribution is -2.19. The molecule has 3 aromatic carbocycles. The van der Waals surface area contributed by atoms with Gasteiger partial charge in [0, 0.05) is 16.9 Å². The normalized spacial score (nSPS) is 10.7. The van der Waals surface area contributed by atoms with Crippen LogP contribution in [0.2, 0.25) is 0 Å². The standard InChI is InChI=1S/C23H19FN4O2S/c1-13-8-9-16(11-18(13)24)25-22(30)26-17-10-14(2)20-19(12-17)31-23(27-20)28-21(29)15-6-4-3-5-7-15/h3-12H,1-2H3,(H2,25,26,30)(H,27,28,29). The predicted molar refractivity (Wildman–Crippen MR) is 123 cm³/mol. The highest BCUT2D eigenvalue weighted by molar-refractivity contribution is 7.22. The molecule has 0 atom stereocenters. The Morgan fingerprint density at radius 3 is 2.35 bits per heavy atom. The van der Waals surface area contributed by atoms with E-state index in [9.17, 15) is 14.0 Å². The van der Waals surface area contributed by atoms with Gasteiger partial charge >= 0.3 is 6.03 Å². The van der Waals surface area contributed by atoms with Crippen molar-refractivity contribution in [1.82, 2.24) is 4.98 Å². The van der Waals surface area contributed by atoms with Crippen molar-refractivity contribution in [2.45, 2.75) is 13.8 Å². The molecule has 0 spiro atoms. The monoisotopic (exact) mass is 434 g/mol. The van der Waals surface area contributed by atoms with Gasteiger partial charge in [-0.05, 0) is 61.4 Å². The number of carbonyl (C=O) groups is 2. The molecule has 0 bridgehead atoms. The van der Waals surface area contributed by atoms with Crippen LogP contribution in [0, 0.1) is 19.7 Å². The lowest BCUT2D eigenvalue weighted by molar-refractivity contribution is 0.102. The number of carbonyl (C=O) groups excluding carboxylic acids is 2. The van der Waals surface area contributed by atoms with Gasteiger partial charge in [0.2, 0.25) is 0 Å². The predicted octanol–water partition coefficient (Wildman–Crippen LogP) is 5.95. The van der Waals surface area contributed by atoms with Gasteiger partial charge in [0.25, 0.3) is 5.91 Å². The van der Waals surface area contributed by atoms with E-state index in [2.05, 4.69) is 20.9 Å². The van der Waals surface area contributed by atoms with Crippen LogP contribution in [0.25, 0.3) is 10.2 Å². The van der Waals surface area contributed by atoms with E-state index in [-0.39, 0.29) is 11.7 Å². The highest BCUT2D eigenvalue weighted by Crippen LogP contribution is 2.31. The van der Waals surface area contributed by atoms with Crippen LogP contribution in [0.5, 0.6) is 0 Å². The fraction of sp³-hybridized carbons (Fsp3) is 0.0870. The maximum absolute atomic E-state index is 13.7. The summed E-state index contributed by atoms with van der Waals surface area (Å²) in [5.74, 6) is -0.620. The zero-order chi connectivity index (χ0) is 22.0. The first-order valence-electron chi connectivity index (χ1n) is 9.51. The molecule has 0 saturated heterocycles. The van der Waals surface area contributed by atoms with Crippen LogP contribution in [0.4, 0.5) is 25.7 Å². The number of rotatable bonds is 4. The molecule has 4 aromatic rings. The minimum absolute atomic E-state index is 0.236. The first-order valence-corrected chi connectivity index (χ1v) is 10.3. The van der Waals surface area contributed by atoms with Crippen molar-refractivity contribution in [2.75, 3.05) is 16.0 Å². The number of urea groups is 1. The maximum atomic E-state index is 13.7. The van der Waals surface area contributed by atoms with Crippen LogP contribution in [0.1, 0.15) is 21.5 Å². The fourth-order valence-corrected chi connectivity index (χ4v) is 4.02. The van der Waals surface area contributed by atoms with Gasteiger partial charge in [-0.25, -0.2) is 14.2 Å². The number of fused-ring (bicyclic) bond motifs is 1. The SMILES string of the molecule is Cc1ccc(NC(=O)Nc2cc(C)c3nc(NC(=O)c4ccccc4)sc3c2)cc1F. The summed E-state index contributed by atoms with van der Waals surface area (Å²) in [7, 11) is 0. The number of benzene rings is 3. The minimum Gasteiger partial charge on any atom is -0.308 e. The number of aryl methyl sites for hydroxylation is 2. The molecule has 0 saturated carbocycles. The second kappa shape index (κ2) is 8.53. The van der Waals surface area contributed by atoms with Crippen LogP contribution in [-0.4, -0.2) is 16.9 Å². The topological polar surface area (TPSA) is 83.1 Å². The summed E-state index contributed by atoms with van der Waals surface area (Å²) in [4.78, 5) is 29.2. The number of hydrogen-bond acceptors (Lipinski definition) is 4. The van der Waals surface area contributed by atoms with Gasteiger partial charge in [0.05, 0.1) is 10.2 Å². The van der Waals surface area contributed by atoms with Gasteiger partial charge < -0.3 is 10.6 Å². The molecule has 4 rings (SSSR count). The average Bonchev–Trinajstić information content (AvgIpc) is 3.14. The Kier molecular flexibility index (Phi) is 5.64. The molecule has 1 heterocycles. The molecule has 3 amide bonds. The van der Waals surface area contributed by atoms with E-state index in [0.29, 0.717) is 27.6 Å². The van der Waals surface area contributed by atoms with E-state index < -0.39 is 6.03 Å². The van der Waals surface area contributed by atoms with Crippen molar-refractivity contribution >= 4 is 50.0 Å². The van der Waals surface area contributed by atoms with Crippen LogP contribution < -0.4 is 16.0 Å². The minimum atomic E-state index is -0.482. The van der Waals surface area contributed by atoms with Gasteiger partial charge in [-0.2, -0.15) is 0 Å². The molecule has 0 aliphatic rings. The Labute approximate surface area is 182 Å². The number of thiazole rings is 1. The average molecular weight is 434 g/mol. The van der Waals surface area contributed by atoms with Crippen LogP contribution in [0.3, 0.4) is 0 Å². The van der Waals surface area contributed by atoms with Crippen LogP contribution >= 0.6 is 11.3 Å². The molecule has 3 N–H and O–H groups in total. The lowest BCUT2D eigenvalue weighted by Gasteiger charge is -2.09. The van der Waals surface area contributed by atoms with Gasteiger partial charge in [0.1, 0.15) is 5.82 Å².